The number of hydrogen-bond acceptors (Lipinski definition) is 3. The second kappa shape index (κ2) is 5.14. The molecule has 1 aromatic carbocycles. The zero-order valence-electron chi connectivity index (χ0n) is 7.08. The normalized spacial score (nSPS) is 10.6. The van der Waals surface area contributed by atoms with Crippen LogP contribution in [0.15, 0.2) is 30.3 Å². The quantitative estimate of drug-likeness (QED) is 0.612. The van der Waals surface area contributed by atoms with Crippen LogP contribution in [0.25, 0.3) is 6.08 Å². The molecule has 0 heterocycles. The summed E-state index contributed by atoms with van der Waals surface area (Å²) in [7, 11) is -0.408. The van der Waals surface area contributed by atoms with Crippen molar-refractivity contribution in [2.75, 3.05) is 0 Å². The largest absolute Gasteiger partial charge is 0.478 e. The molecule has 0 fully saturated rings. The van der Waals surface area contributed by atoms with E-state index in [2.05, 4.69) is 4.52 Å². The van der Waals surface area contributed by atoms with Crippen LogP contribution >= 0.6 is 8.69 Å². The third-order valence-electron chi connectivity index (χ3n) is 1.44. The van der Waals surface area contributed by atoms with Gasteiger partial charge in [0.25, 0.3) is 0 Å². The first-order valence-corrected chi connectivity index (χ1v) is 4.46. The molecular formula is C9H7O4P. The van der Waals surface area contributed by atoms with Gasteiger partial charge in [-0.15, -0.1) is 0 Å². The summed E-state index contributed by atoms with van der Waals surface area (Å²) >= 11 is 0. The molecule has 0 saturated carbocycles. The van der Waals surface area contributed by atoms with Gasteiger partial charge in [0.15, 0.2) is 0 Å². The fourth-order valence-corrected chi connectivity index (χ4v) is 1.06. The highest BCUT2D eigenvalue weighted by molar-refractivity contribution is 7.17. The number of carbonyl (C=O) groups is 1. The molecule has 0 atom stereocenters. The number of carboxylic acids is 1. The van der Waals surface area contributed by atoms with E-state index in [-0.39, 0.29) is 0 Å². The minimum Gasteiger partial charge on any atom is -0.478 e. The van der Waals surface area contributed by atoms with Crippen molar-refractivity contribution in [3.8, 4) is 5.75 Å². The highest BCUT2D eigenvalue weighted by Gasteiger charge is 1.93. The van der Waals surface area contributed by atoms with E-state index in [4.69, 9.17) is 5.11 Å². The summed E-state index contributed by atoms with van der Waals surface area (Å²) < 4.78 is 14.7. The van der Waals surface area contributed by atoms with Gasteiger partial charge in [0, 0.05) is 6.08 Å². The molecule has 0 aromatic heterocycles. The van der Waals surface area contributed by atoms with E-state index in [1.807, 2.05) is 0 Å². The Morgan fingerprint density at radius 2 is 2.00 bits per heavy atom. The summed E-state index contributed by atoms with van der Waals surface area (Å²) in [5.41, 5.74) is 0.738. The van der Waals surface area contributed by atoms with Crippen molar-refractivity contribution in [3.63, 3.8) is 0 Å². The molecule has 5 heteroatoms. The average molecular weight is 210 g/mol. The maximum atomic E-state index is 10.2. The lowest BCUT2D eigenvalue weighted by Gasteiger charge is -1.96. The lowest BCUT2D eigenvalue weighted by molar-refractivity contribution is -0.131. The number of benzene rings is 1. The van der Waals surface area contributed by atoms with Crippen LogP contribution in [0.4, 0.5) is 0 Å². The Kier molecular flexibility index (Phi) is 3.83. The summed E-state index contributed by atoms with van der Waals surface area (Å²) in [4.78, 5) is 10.2. The van der Waals surface area contributed by atoms with E-state index >= 15 is 0 Å². The number of rotatable bonds is 4. The van der Waals surface area contributed by atoms with Crippen molar-refractivity contribution >= 4 is 20.7 Å². The van der Waals surface area contributed by atoms with Crippen LogP contribution in [-0.2, 0) is 9.36 Å². The molecule has 0 spiro atoms. The maximum Gasteiger partial charge on any atom is 0.395 e. The molecule has 0 amide bonds. The lowest BCUT2D eigenvalue weighted by Crippen LogP contribution is -1.85. The van der Waals surface area contributed by atoms with Crippen molar-refractivity contribution < 1.29 is 19.0 Å². The molecule has 14 heavy (non-hydrogen) atoms. The van der Waals surface area contributed by atoms with Crippen molar-refractivity contribution in [1.29, 1.82) is 0 Å². The van der Waals surface area contributed by atoms with Gasteiger partial charge in [-0.3, -0.25) is 0 Å². The van der Waals surface area contributed by atoms with Crippen LogP contribution < -0.4 is 4.52 Å². The van der Waals surface area contributed by atoms with Gasteiger partial charge in [0.1, 0.15) is 5.75 Å². The first kappa shape index (κ1) is 10.4. The van der Waals surface area contributed by atoms with Gasteiger partial charge in [0.2, 0.25) is 0 Å². The molecule has 72 valence electrons. The standard InChI is InChI=1S/C9H7O4P/c10-9(11)6-3-7-1-4-8(5-2-7)13-14-12/h1-6H,(H,10,11)/b6-3+. The summed E-state index contributed by atoms with van der Waals surface area (Å²) in [6, 6.07) is 6.54. The van der Waals surface area contributed by atoms with E-state index < -0.39 is 14.7 Å². The Morgan fingerprint density at radius 3 is 2.50 bits per heavy atom. The molecule has 0 radical (unpaired) electrons. The van der Waals surface area contributed by atoms with Gasteiger partial charge in [-0.05, 0) is 23.8 Å². The lowest BCUT2D eigenvalue weighted by atomic mass is 10.2. The Labute approximate surface area is 82.1 Å². The highest BCUT2D eigenvalue weighted by Crippen LogP contribution is 2.16. The predicted molar refractivity (Wildman–Crippen MR) is 51.3 cm³/mol. The van der Waals surface area contributed by atoms with Crippen LogP contribution in [0.1, 0.15) is 5.56 Å². The van der Waals surface area contributed by atoms with E-state index in [0.29, 0.717) is 5.75 Å². The van der Waals surface area contributed by atoms with Crippen LogP contribution in [0, 0.1) is 0 Å². The van der Waals surface area contributed by atoms with Crippen molar-refractivity contribution in [2.45, 2.75) is 0 Å². The van der Waals surface area contributed by atoms with Gasteiger partial charge < -0.3 is 9.63 Å². The summed E-state index contributed by atoms with van der Waals surface area (Å²) in [6.07, 6.45) is 2.50. The van der Waals surface area contributed by atoms with Crippen LogP contribution in [0.2, 0.25) is 0 Å². The molecular weight excluding hydrogens is 203 g/mol. The van der Waals surface area contributed by atoms with Crippen molar-refractivity contribution in [2.24, 2.45) is 0 Å². The van der Waals surface area contributed by atoms with Crippen LogP contribution in [0.5, 0.6) is 5.75 Å². The Balaban J connectivity index is 2.73. The van der Waals surface area contributed by atoms with Gasteiger partial charge in [-0.2, -0.15) is 0 Å². The molecule has 1 rings (SSSR count). The SMILES string of the molecule is O=POc1ccc(/C=C/C(=O)O)cc1. The molecule has 0 saturated heterocycles. The zero-order valence-corrected chi connectivity index (χ0v) is 7.98. The van der Waals surface area contributed by atoms with Crippen LogP contribution in [-0.4, -0.2) is 11.1 Å². The molecule has 4 nitrogen and oxygen atoms in total. The van der Waals surface area contributed by atoms with E-state index in [0.717, 1.165) is 11.6 Å². The molecule has 1 aromatic rings. The summed E-state index contributed by atoms with van der Waals surface area (Å²) in [6.45, 7) is 0. The Morgan fingerprint density at radius 1 is 1.36 bits per heavy atom. The molecule has 0 bridgehead atoms. The summed E-state index contributed by atoms with van der Waals surface area (Å²) in [5, 5.41) is 8.36. The van der Waals surface area contributed by atoms with Crippen molar-refractivity contribution in [1.82, 2.24) is 0 Å². The second-order valence-electron chi connectivity index (χ2n) is 2.41. The zero-order chi connectivity index (χ0) is 10.4. The number of aliphatic carboxylic acids is 1. The Bertz CT molecular complexity index is 356. The fourth-order valence-electron chi connectivity index (χ4n) is 0.850. The first-order chi connectivity index (χ1) is 6.72. The maximum absolute atomic E-state index is 10.2. The molecule has 0 aliphatic heterocycles. The topological polar surface area (TPSA) is 63.6 Å². The molecule has 1 N–H and O–H groups in total. The van der Waals surface area contributed by atoms with Gasteiger partial charge in [-0.25, -0.2) is 9.36 Å². The summed E-state index contributed by atoms with van der Waals surface area (Å²) in [5.74, 6) is -0.530. The second-order valence-corrected chi connectivity index (χ2v) is 2.74. The monoisotopic (exact) mass is 210 g/mol. The molecule has 0 aliphatic carbocycles. The minimum absolute atomic E-state index is 0.408. The Hall–Kier alpha value is -1.67. The third kappa shape index (κ3) is 3.37. The van der Waals surface area contributed by atoms with Gasteiger partial charge >= 0.3 is 14.7 Å². The van der Waals surface area contributed by atoms with E-state index in [1.165, 1.54) is 6.08 Å². The van der Waals surface area contributed by atoms with Gasteiger partial charge in [-0.1, -0.05) is 12.1 Å². The first-order valence-electron chi connectivity index (χ1n) is 3.73. The van der Waals surface area contributed by atoms with Crippen molar-refractivity contribution in [3.05, 3.63) is 35.9 Å². The van der Waals surface area contributed by atoms with Crippen LogP contribution in [0.3, 0.4) is 0 Å². The third-order valence-corrected chi connectivity index (χ3v) is 1.73. The smallest absolute Gasteiger partial charge is 0.395 e. The fraction of sp³-hybridized carbons (Fsp3) is 0. The highest BCUT2D eigenvalue weighted by atomic mass is 31.1. The minimum atomic E-state index is -0.997. The number of hydrogen-bond donors (Lipinski definition) is 1. The van der Waals surface area contributed by atoms with E-state index in [1.54, 1.807) is 24.3 Å². The van der Waals surface area contributed by atoms with E-state index in [9.17, 15) is 9.36 Å². The van der Waals surface area contributed by atoms with Gasteiger partial charge in [0.05, 0.1) is 0 Å². The molecule has 0 unspecified atom stereocenters. The average Bonchev–Trinajstić information content (AvgIpc) is 2.17. The molecule has 0 aliphatic rings. The number of carboxylic acid groups (broad SMARTS) is 1. The predicted octanol–water partition coefficient (Wildman–Crippen LogP) is 2.37.